The zero-order valence-electron chi connectivity index (χ0n) is 12.8. The molecule has 2 amide bonds. The van der Waals surface area contributed by atoms with Crippen molar-refractivity contribution in [2.75, 3.05) is 0 Å². The van der Waals surface area contributed by atoms with Crippen LogP contribution in [0.5, 0.6) is 0 Å². The Labute approximate surface area is 130 Å². The number of carbonyl (C=O) groups is 2. The molecule has 0 aromatic heterocycles. The fourth-order valence-corrected chi connectivity index (χ4v) is 2.17. The van der Waals surface area contributed by atoms with Gasteiger partial charge in [0.1, 0.15) is 6.04 Å². The molecular formula is C18H20N2O2. The second-order valence-electron chi connectivity index (χ2n) is 5.51. The number of fused-ring (bicyclic) bond motifs is 1. The normalized spacial score (nSPS) is 11.7. The van der Waals surface area contributed by atoms with Gasteiger partial charge in [0.15, 0.2) is 0 Å². The Morgan fingerprint density at radius 2 is 1.82 bits per heavy atom. The van der Waals surface area contributed by atoms with Gasteiger partial charge in [0, 0.05) is 5.56 Å². The molecule has 4 nitrogen and oxygen atoms in total. The van der Waals surface area contributed by atoms with E-state index in [1.165, 1.54) is 0 Å². The Kier molecular flexibility index (Phi) is 4.94. The molecule has 4 heteroatoms. The van der Waals surface area contributed by atoms with Crippen molar-refractivity contribution in [3.8, 4) is 0 Å². The molecule has 0 spiro atoms. The second kappa shape index (κ2) is 6.89. The summed E-state index contributed by atoms with van der Waals surface area (Å²) < 4.78 is 0. The van der Waals surface area contributed by atoms with Crippen molar-refractivity contribution in [2.45, 2.75) is 26.3 Å². The maximum atomic E-state index is 12.3. The SMILES string of the molecule is CC(C)=CC[C@H](NC(=O)c1ccc2ccccc2c1)C(N)=O. The first-order chi connectivity index (χ1) is 10.5. The fourth-order valence-electron chi connectivity index (χ4n) is 2.17. The molecule has 0 bridgehead atoms. The summed E-state index contributed by atoms with van der Waals surface area (Å²) in [6.45, 7) is 3.87. The first-order valence-corrected chi connectivity index (χ1v) is 7.19. The maximum absolute atomic E-state index is 12.3. The number of nitrogens with two attached hydrogens (primary N) is 1. The number of nitrogens with one attached hydrogen (secondary N) is 1. The van der Waals surface area contributed by atoms with Crippen LogP contribution in [0.4, 0.5) is 0 Å². The smallest absolute Gasteiger partial charge is 0.251 e. The zero-order valence-corrected chi connectivity index (χ0v) is 12.8. The highest BCUT2D eigenvalue weighted by Gasteiger charge is 2.17. The maximum Gasteiger partial charge on any atom is 0.251 e. The van der Waals surface area contributed by atoms with E-state index in [2.05, 4.69) is 5.32 Å². The van der Waals surface area contributed by atoms with Crippen LogP contribution >= 0.6 is 0 Å². The number of carbonyl (C=O) groups excluding carboxylic acids is 2. The van der Waals surface area contributed by atoms with Gasteiger partial charge in [-0.15, -0.1) is 0 Å². The molecule has 0 saturated carbocycles. The largest absolute Gasteiger partial charge is 0.368 e. The number of benzene rings is 2. The summed E-state index contributed by atoms with van der Waals surface area (Å²) in [5.74, 6) is -0.830. The van der Waals surface area contributed by atoms with Crippen LogP contribution in [0.25, 0.3) is 10.8 Å². The van der Waals surface area contributed by atoms with Crippen LogP contribution < -0.4 is 11.1 Å². The van der Waals surface area contributed by atoms with Gasteiger partial charge in [-0.05, 0) is 43.2 Å². The summed E-state index contributed by atoms with van der Waals surface area (Å²) in [6.07, 6.45) is 2.28. The third kappa shape index (κ3) is 3.95. The summed E-state index contributed by atoms with van der Waals surface area (Å²) in [5.41, 5.74) is 6.95. The minimum Gasteiger partial charge on any atom is -0.368 e. The summed E-state index contributed by atoms with van der Waals surface area (Å²) in [5, 5.41) is 4.74. The predicted octanol–water partition coefficient (Wildman–Crippen LogP) is 2.78. The quantitative estimate of drug-likeness (QED) is 0.833. The highest BCUT2D eigenvalue weighted by Crippen LogP contribution is 2.15. The van der Waals surface area contributed by atoms with Crippen LogP contribution in [-0.4, -0.2) is 17.9 Å². The summed E-state index contributed by atoms with van der Waals surface area (Å²) >= 11 is 0. The molecule has 2 aromatic carbocycles. The van der Waals surface area contributed by atoms with Crippen molar-refractivity contribution in [1.82, 2.24) is 5.32 Å². The lowest BCUT2D eigenvalue weighted by Gasteiger charge is -2.14. The molecule has 2 rings (SSSR count). The fraction of sp³-hybridized carbons (Fsp3) is 0.222. The highest BCUT2D eigenvalue weighted by atomic mass is 16.2. The van der Waals surface area contributed by atoms with Crippen molar-refractivity contribution in [3.63, 3.8) is 0 Å². The van der Waals surface area contributed by atoms with Crippen molar-refractivity contribution in [1.29, 1.82) is 0 Å². The first-order valence-electron chi connectivity index (χ1n) is 7.19. The van der Waals surface area contributed by atoms with Crippen LogP contribution in [0, 0.1) is 0 Å². The van der Waals surface area contributed by atoms with E-state index >= 15 is 0 Å². The molecule has 0 saturated heterocycles. The van der Waals surface area contributed by atoms with E-state index in [4.69, 9.17) is 5.73 Å². The molecule has 1 atom stereocenters. The topological polar surface area (TPSA) is 72.2 Å². The number of rotatable bonds is 5. The van der Waals surface area contributed by atoms with Gasteiger partial charge in [0.05, 0.1) is 0 Å². The lowest BCUT2D eigenvalue weighted by atomic mass is 10.1. The van der Waals surface area contributed by atoms with E-state index in [1.54, 1.807) is 6.07 Å². The standard InChI is InChI=1S/C18H20N2O2/c1-12(2)7-10-16(17(19)21)20-18(22)15-9-8-13-5-3-4-6-14(13)11-15/h3-9,11,16H,10H2,1-2H3,(H2,19,21)(H,20,22)/t16-/m0/s1. The molecule has 0 aliphatic heterocycles. The molecule has 0 fully saturated rings. The molecule has 0 aliphatic carbocycles. The van der Waals surface area contributed by atoms with Gasteiger partial charge < -0.3 is 11.1 Å². The predicted molar refractivity (Wildman–Crippen MR) is 88.4 cm³/mol. The molecule has 2 aromatic rings. The van der Waals surface area contributed by atoms with E-state index in [-0.39, 0.29) is 5.91 Å². The zero-order chi connectivity index (χ0) is 16.1. The molecule has 0 radical (unpaired) electrons. The van der Waals surface area contributed by atoms with Gasteiger partial charge >= 0.3 is 0 Å². The van der Waals surface area contributed by atoms with Crippen LogP contribution in [0.1, 0.15) is 30.6 Å². The van der Waals surface area contributed by atoms with Gasteiger partial charge in [-0.2, -0.15) is 0 Å². The summed E-state index contributed by atoms with van der Waals surface area (Å²) in [4.78, 5) is 23.8. The lowest BCUT2D eigenvalue weighted by molar-refractivity contribution is -0.119. The average Bonchev–Trinajstić information content (AvgIpc) is 2.50. The van der Waals surface area contributed by atoms with Crippen molar-refractivity contribution < 1.29 is 9.59 Å². The van der Waals surface area contributed by atoms with E-state index in [0.717, 1.165) is 16.3 Å². The van der Waals surface area contributed by atoms with Gasteiger partial charge in [0.25, 0.3) is 5.91 Å². The van der Waals surface area contributed by atoms with Gasteiger partial charge in [0.2, 0.25) is 5.91 Å². The summed E-state index contributed by atoms with van der Waals surface area (Å²) in [6, 6.07) is 12.5. The number of amides is 2. The van der Waals surface area contributed by atoms with E-state index in [1.807, 2.05) is 56.3 Å². The number of allylic oxidation sites excluding steroid dienone is 1. The van der Waals surface area contributed by atoms with Crippen LogP contribution in [0.3, 0.4) is 0 Å². The lowest BCUT2D eigenvalue weighted by Crippen LogP contribution is -2.44. The first kappa shape index (κ1) is 15.8. The Morgan fingerprint density at radius 1 is 1.14 bits per heavy atom. The Hall–Kier alpha value is -2.62. The van der Waals surface area contributed by atoms with Crippen molar-refractivity contribution in [3.05, 3.63) is 59.7 Å². The van der Waals surface area contributed by atoms with Crippen LogP contribution in [0.2, 0.25) is 0 Å². The second-order valence-corrected chi connectivity index (χ2v) is 5.51. The number of primary amides is 1. The Balaban J connectivity index is 2.17. The van der Waals surface area contributed by atoms with E-state index in [0.29, 0.717) is 12.0 Å². The van der Waals surface area contributed by atoms with Crippen molar-refractivity contribution >= 4 is 22.6 Å². The number of hydrogen-bond donors (Lipinski definition) is 2. The molecule has 3 N–H and O–H groups in total. The molecule has 0 aliphatic rings. The molecular weight excluding hydrogens is 276 g/mol. The monoisotopic (exact) mass is 296 g/mol. The Bertz CT molecular complexity index is 731. The van der Waals surface area contributed by atoms with E-state index in [9.17, 15) is 9.59 Å². The summed E-state index contributed by atoms with van der Waals surface area (Å²) in [7, 11) is 0. The average molecular weight is 296 g/mol. The van der Waals surface area contributed by atoms with Crippen molar-refractivity contribution in [2.24, 2.45) is 5.73 Å². The minimum atomic E-state index is -0.700. The van der Waals surface area contributed by atoms with Gasteiger partial charge in [-0.1, -0.05) is 42.0 Å². The van der Waals surface area contributed by atoms with Crippen LogP contribution in [0.15, 0.2) is 54.1 Å². The van der Waals surface area contributed by atoms with Crippen LogP contribution in [-0.2, 0) is 4.79 Å². The number of hydrogen-bond acceptors (Lipinski definition) is 2. The third-order valence-corrected chi connectivity index (χ3v) is 3.42. The molecule has 114 valence electrons. The van der Waals surface area contributed by atoms with E-state index < -0.39 is 11.9 Å². The van der Waals surface area contributed by atoms with Gasteiger partial charge in [-0.3, -0.25) is 9.59 Å². The third-order valence-electron chi connectivity index (χ3n) is 3.42. The highest BCUT2D eigenvalue weighted by molar-refractivity contribution is 6.00. The molecule has 0 heterocycles. The molecule has 0 unspecified atom stereocenters. The Morgan fingerprint density at radius 3 is 2.45 bits per heavy atom. The van der Waals surface area contributed by atoms with Gasteiger partial charge in [-0.25, -0.2) is 0 Å². The minimum absolute atomic E-state index is 0.295. The molecule has 22 heavy (non-hydrogen) atoms.